The van der Waals surface area contributed by atoms with Crippen LogP contribution in [0.4, 0.5) is 0 Å². The van der Waals surface area contributed by atoms with Crippen LogP contribution in [0.15, 0.2) is 22.7 Å². The average molecular weight is 336 g/mol. The first-order chi connectivity index (χ1) is 7.04. The number of esters is 1. The molecule has 82 valence electrons. The van der Waals surface area contributed by atoms with Crippen molar-refractivity contribution in [2.24, 2.45) is 0 Å². The summed E-state index contributed by atoms with van der Waals surface area (Å²) in [5.74, 6) is -0.247. The minimum absolute atomic E-state index is 0.247. The topological polar surface area (TPSA) is 26.3 Å². The van der Waals surface area contributed by atoms with Crippen LogP contribution in [-0.2, 0) is 16.0 Å². The molecule has 0 aromatic heterocycles. The molecular weight excluding hydrogens is 324 g/mol. The third kappa shape index (κ3) is 3.61. The molecule has 0 aliphatic carbocycles. The van der Waals surface area contributed by atoms with Gasteiger partial charge >= 0.3 is 5.97 Å². The summed E-state index contributed by atoms with van der Waals surface area (Å²) in [4.78, 5) is 10.9. The van der Waals surface area contributed by atoms with Gasteiger partial charge < -0.3 is 4.74 Å². The second-order valence-electron chi connectivity index (χ2n) is 3.29. The molecule has 15 heavy (non-hydrogen) atoms. The Morgan fingerprint density at radius 1 is 1.53 bits per heavy atom. The smallest absolute Gasteiger partial charge is 0.319 e. The van der Waals surface area contributed by atoms with E-state index < -0.39 is 0 Å². The van der Waals surface area contributed by atoms with Gasteiger partial charge in [-0.05, 0) is 25.0 Å². The number of carbonyl (C=O) groups excluding carboxylic acids is 1. The highest BCUT2D eigenvalue weighted by atomic mass is 79.9. The van der Waals surface area contributed by atoms with Crippen molar-refractivity contribution in [2.45, 2.75) is 18.2 Å². The molecule has 0 saturated carbocycles. The van der Waals surface area contributed by atoms with Gasteiger partial charge in [0.05, 0.1) is 7.11 Å². The lowest BCUT2D eigenvalue weighted by Crippen LogP contribution is -2.18. The minimum atomic E-state index is -0.291. The molecule has 1 atom stereocenters. The number of aryl methyl sites for hydroxylation is 1. The summed E-state index contributed by atoms with van der Waals surface area (Å²) in [5, 5.41) is 0. The molecular formula is C11H12Br2O2. The molecule has 1 aromatic rings. The van der Waals surface area contributed by atoms with Gasteiger partial charge in [0.2, 0.25) is 0 Å². The number of carbonyl (C=O) groups is 1. The molecule has 0 amide bonds. The van der Waals surface area contributed by atoms with Crippen molar-refractivity contribution in [3.8, 4) is 0 Å². The summed E-state index contributed by atoms with van der Waals surface area (Å²) in [6.45, 7) is 2.03. The minimum Gasteiger partial charge on any atom is -0.468 e. The standard InChI is InChI=1S/C11H12Br2O2/c1-7-3-4-9(12)8(5-7)6-10(13)11(14)15-2/h3-5,10H,6H2,1-2H3. The Balaban J connectivity index is 2.80. The Hall–Kier alpha value is -0.350. The summed E-state index contributed by atoms with van der Waals surface area (Å²) >= 11 is 6.76. The van der Waals surface area contributed by atoms with E-state index in [9.17, 15) is 4.79 Å². The zero-order valence-electron chi connectivity index (χ0n) is 8.59. The zero-order valence-corrected chi connectivity index (χ0v) is 11.8. The molecule has 1 unspecified atom stereocenters. The van der Waals surface area contributed by atoms with Gasteiger partial charge in [0, 0.05) is 4.47 Å². The lowest BCUT2D eigenvalue weighted by Gasteiger charge is -2.09. The van der Waals surface area contributed by atoms with Gasteiger partial charge in [-0.15, -0.1) is 0 Å². The summed E-state index contributed by atoms with van der Waals surface area (Å²) < 4.78 is 5.67. The molecule has 2 nitrogen and oxygen atoms in total. The fourth-order valence-electron chi connectivity index (χ4n) is 1.26. The Morgan fingerprint density at radius 2 is 2.20 bits per heavy atom. The number of halogens is 2. The van der Waals surface area contributed by atoms with Gasteiger partial charge in [-0.1, -0.05) is 49.6 Å². The van der Waals surface area contributed by atoms with Crippen LogP contribution in [0.25, 0.3) is 0 Å². The highest BCUT2D eigenvalue weighted by Crippen LogP contribution is 2.22. The van der Waals surface area contributed by atoms with Gasteiger partial charge in [0.15, 0.2) is 0 Å². The van der Waals surface area contributed by atoms with E-state index in [1.54, 1.807) is 0 Å². The summed E-state index contributed by atoms with van der Waals surface area (Å²) in [6.07, 6.45) is 0.620. The van der Waals surface area contributed by atoms with E-state index >= 15 is 0 Å². The molecule has 0 aliphatic heterocycles. The highest BCUT2D eigenvalue weighted by molar-refractivity contribution is 9.10. The van der Waals surface area contributed by atoms with Crippen LogP contribution in [-0.4, -0.2) is 17.9 Å². The molecule has 0 N–H and O–H groups in total. The predicted molar refractivity (Wildman–Crippen MR) is 67.3 cm³/mol. The second-order valence-corrected chi connectivity index (χ2v) is 5.25. The Kier molecular flexibility index (Phi) is 4.80. The van der Waals surface area contributed by atoms with Crippen molar-refractivity contribution in [3.63, 3.8) is 0 Å². The fraction of sp³-hybridized carbons (Fsp3) is 0.364. The summed E-state index contributed by atoms with van der Waals surface area (Å²) in [5.41, 5.74) is 2.28. The molecule has 1 aromatic carbocycles. The number of benzene rings is 1. The lowest BCUT2D eigenvalue weighted by molar-refractivity contribution is -0.139. The van der Waals surface area contributed by atoms with Crippen molar-refractivity contribution >= 4 is 37.8 Å². The molecule has 0 heterocycles. The summed E-state index contributed by atoms with van der Waals surface area (Å²) in [6, 6.07) is 6.07. The maximum atomic E-state index is 11.2. The van der Waals surface area contributed by atoms with Crippen molar-refractivity contribution in [2.75, 3.05) is 7.11 Å². The number of rotatable bonds is 3. The molecule has 0 fully saturated rings. The number of ether oxygens (including phenoxy) is 1. The molecule has 0 saturated heterocycles. The normalized spacial score (nSPS) is 12.3. The first-order valence-electron chi connectivity index (χ1n) is 4.51. The van der Waals surface area contributed by atoms with Crippen LogP contribution in [0.3, 0.4) is 0 Å². The average Bonchev–Trinajstić information content (AvgIpc) is 2.22. The van der Waals surface area contributed by atoms with Crippen molar-refractivity contribution in [3.05, 3.63) is 33.8 Å². The van der Waals surface area contributed by atoms with E-state index in [0.29, 0.717) is 6.42 Å². The van der Waals surface area contributed by atoms with E-state index in [0.717, 1.165) is 10.0 Å². The summed E-state index contributed by atoms with van der Waals surface area (Å²) in [7, 11) is 1.39. The van der Waals surface area contributed by atoms with Gasteiger partial charge in [0.25, 0.3) is 0 Å². The number of alkyl halides is 1. The van der Waals surface area contributed by atoms with Crippen LogP contribution in [0.5, 0.6) is 0 Å². The number of hydrogen-bond acceptors (Lipinski definition) is 2. The first-order valence-corrected chi connectivity index (χ1v) is 6.22. The van der Waals surface area contributed by atoms with Crippen LogP contribution < -0.4 is 0 Å². The molecule has 4 heteroatoms. The fourth-order valence-corrected chi connectivity index (χ4v) is 2.21. The Labute approximate surface area is 106 Å². The van der Waals surface area contributed by atoms with E-state index in [1.165, 1.54) is 12.7 Å². The van der Waals surface area contributed by atoms with E-state index in [4.69, 9.17) is 0 Å². The van der Waals surface area contributed by atoms with Gasteiger partial charge in [-0.2, -0.15) is 0 Å². The third-order valence-electron chi connectivity index (χ3n) is 2.06. The van der Waals surface area contributed by atoms with Gasteiger partial charge in [-0.25, -0.2) is 0 Å². The first kappa shape index (κ1) is 12.7. The van der Waals surface area contributed by atoms with E-state index in [2.05, 4.69) is 42.7 Å². The highest BCUT2D eigenvalue weighted by Gasteiger charge is 2.16. The Morgan fingerprint density at radius 3 is 2.80 bits per heavy atom. The van der Waals surface area contributed by atoms with Crippen LogP contribution in [0.2, 0.25) is 0 Å². The largest absolute Gasteiger partial charge is 0.468 e. The third-order valence-corrected chi connectivity index (χ3v) is 3.53. The van der Waals surface area contributed by atoms with Crippen LogP contribution >= 0.6 is 31.9 Å². The van der Waals surface area contributed by atoms with Crippen LogP contribution in [0.1, 0.15) is 11.1 Å². The lowest BCUT2D eigenvalue weighted by atomic mass is 10.1. The molecule has 0 aliphatic rings. The molecule has 1 rings (SSSR count). The Bertz CT molecular complexity index is 364. The number of hydrogen-bond donors (Lipinski definition) is 0. The van der Waals surface area contributed by atoms with Gasteiger partial charge in [0.1, 0.15) is 4.83 Å². The second kappa shape index (κ2) is 5.66. The zero-order chi connectivity index (χ0) is 11.4. The van der Waals surface area contributed by atoms with Crippen molar-refractivity contribution < 1.29 is 9.53 Å². The monoisotopic (exact) mass is 334 g/mol. The van der Waals surface area contributed by atoms with E-state index in [-0.39, 0.29) is 10.8 Å². The maximum Gasteiger partial charge on any atom is 0.319 e. The van der Waals surface area contributed by atoms with Crippen molar-refractivity contribution in [1.29, 1.82) is 0 Å². The molecule has 0 radical (unpaired) electrons. The predicted octanol–water partition coefficient (Wildman–Crippen LogP) is 3.24. The maximum absolute atomic E-state index is 11.2. The molecule has 0 spiro atoms. The number of methoxy groups -OCH3 is 1. The molecule has 0 bridgehead atoms. The quantitative estimate of drug-likeness (QED) is 0.626. The van der Waals surface area contributed by atoms with Gasteiger partial charge in [-0.3, -0.25) is 4.79 Å². The van der Waals surface area contributed by atoms with Crippen LogP contribution in [0, 0.1) is 6.92 Å². The van der Waals surface area contributed by atoms with E-state index in [1.807, 2.05) is 19.1 Å². The SMILES string of the molecule is COC(=O)C(Br)Cc1cc(C)ccc1Br. The van der Waals surface area contributed by atoms with Crippen molar-refractivity contribution in [1.82, 2.24) is 0 Å².